The maximum atomic E-state index is 12.9. The number of halogens is 2. The summed E-state index contributed by atoms with van der Waals surface area (Å²) in [6, 6.07) is 4.04. The van der Waals surface area contributed by atoms with Crippen LogP contribution in [-0.2, 0) is 15.9 Å². The molecule has 5 heteroatoms. The van der Waals surface area contributed by atoms with Gasteiger partial charge in [0, 0.05) is 25.7 Å². The zero-order chi connectivity index (χ0) is 13.1. The Hall–Kier alpha value is -0.680. The van der Waals surface area contributed by atoms with Crippen molar-refractivity contribution in [3.63, 3.8) is 0 Å². The fourth-order valence-corrected chi connectivity index (χ4v) is 1.97. The van der Waals surface area contributed by atoms with Gasteiger partial charge in [0.05, 0.1) is 0 Å². The van der Waals surface area contributed by atoms with Crippen molar-refractivity contribution in [2.75, 3.05) is 14.2 Å². The summed E-state index contributed by atoms with van der Waals surface area (Å²) in [7, 11) is 2.88. The van der Waals surface area contributed by atoms with Crippen molar-refractivity contribution in [1.29, 1.82) is 0 Å². The van der Waals surface area contributed by atoms with Crippen LogP contribution < -0.4 is 0 Å². The fourth-order valence-electron chi connectivity index (χ4n) is 1.74. The van der Waals surface area contributed by atoms with Gasteiger partial charge in [0.25, 0.3) is 0 Å². The molecule has 0 aromatic heterocycles. The average molecular weight is 263 g/mol. The summed E-state index contributed by atoms with van der Waals surface area (Å²) in [5, 5.41) is 10.5. The van der Waals surface area contributed by atoms with Gasteiger partial charge < -0.3 is 14.6 Å². The highest BCUT2D eigenvalue weighted by molar-refractivity contribution is 6.31. The molecule has 0 bridgehead atoms. The number of ether oxygens (including phenoxy) is 2. The summed E-state index contributed by atoms with van der Waals surface area (Å²) in [6.07, 6.45) is -0.568. The van der Waals surface area contributed by atoms with E-state index in [9.17, 15) is 9.50 Å². The van der Waals surface area contributed by atoms with Gasteiger partial charge in [0.1, 0.15) is 11.4 Å². The molecule has 1 aromatic rings. The molecule has 3 nitrogen and oxygen atoms in total. The Labute approximate surface area is 105 Å². The number of hydrogen-bond acceptors (Lipinski definition) is 3. The third-order valence-electron chi connectivity index (χ3n) is 2.50. The minimum absolute atomic E-state index is 0.207. The molecule has 1 N–H and O–H groups in total. The first kappa shape index (κ1) is 14.4. The Balaban J connectivity index is 2.89. The van der Waals surface area contributed by atoms with Gasteiger partial charge in [-0.15, -0.1) is 0 Å². The quantitative estimate of drug-likeness (QED) is 0.828. The predicted molar refractivity (Wildman–Crippen MR) is 63.5 cm³/mol. The number of hydrogen-bond donors (Lipinski definition) is 1. The van der Waals surface area contributed by atoms with Gasteiger partial charge in [0.15, 0.2) is 6.29 Å². The lowest BCUT2D eigenvalue weighted by Gasteiger charge is -2.30. The van der Waals surface area contributed by atoms with E-state index in [4.69, 9.17) is 21.1 Å². The van der Waals surface area contributed by atoms with Crippen LogP contribution in [0, 0.1) is 5.82 Å². The summed E-state index contributed by atoms with van der Waals surface area (Å²) in [5.74, 6) is -0.409. The summed E-state index contributed by atoms with van der Waals surface area (Å²) in [6.45, 7) is 1.57. The van der Waals surface area contributed by atoms with Crippen LogP contribution in [0.2, 0.25) is 5.02 Å². The van der Waals surface area contributed by atoms with E-state index in [1.807, 2.05) is 0 Å². The van der Waals surface area contributed by atoms with Crippen LogP contribution in [0.3, 0.4) is 0 Å². The molecule has 0 aliphatic carbocycles. The third-order valence-corrected chi connectivity index (χ3v) is 2.85. The van der Waals surface area contributed by atoms with E-state index in [1.165, 1.54) is 32.4 Å². The molecule has 1 aromatic carbocycles. The van der Waals surface area contributed by atoms with Crippen molar-refractivity contribution in [1.82, 2.24) is 0 Å². The first-order valence-corrected chi connectivity index (χ1v) is 5.50. The Bertz CT molecular complexity index is 378. The van der Waals surface area contributed by atoms with Gasteiger partial charge in [-0.1, -0.05) is 17.7 Å². The van der Waals surface area contributed by atoms with Crippen LogP contribution in [0.1, 0.15) is 12.5 Å². The smallest absolute Gasteiger partial charge is 0.185 e. The number of rotatable bonds is 5. The van der Waals surface area contributed by atoms with Crippen molar-refractivity contribution < 1.29 is 19.0 Å². The molecule has 0 spiro atoms. The van der Waals surface area contributed by atoms with E-state index in [0.29, 0.717) is 5.56 Å². The Morgan fingerprint density at radius 3 is 2.47 bits per heavy atom. The second-order valence-electron chi connectivity index (χ2n) is 4.07. The predicted octanol–water partition coefficient (Wildman–Crippen LogP) is 2.39. The van der Waals surface area contributed by atoms with E-state index in [0.717, 1.165) is 0 Å². The van der Waals surface area contributed by atoms with Gasteiger partial charge in [0.2, 0.25) is 0 Å². The first-order valence-electron chi connectivity index (χ1n) is 5.12. The fraction of sp³-hybridized carbons (Fsp3) is 0.500. The van der Waals surface area contributed by atoms with Crippen molar-refractivity contribution in [2.45, 2.75) is 25.2 Å². The molecular weight excluding hydrogens is 247 g/mol. The van der Waals surface area contributed by atoms with Crippen LogP contribution in [0.15, 0.2) is 18.2 Å². The van der Waals surface area contributed by atoms with Crippen LogP contribution in [0.4, 0.5) is 4.39 Å². The van der Waals surface area contributed by atoms with Crippen molar-refractivity contribution in [3.05, 3.63) is 34.6 Å². The van der Waals surface area contributed by atoms with Gasteiger partial charge in [-0.2, -0.15) is 0 Å². The molecule has 0 fully saturated rings. The van der Waals surface area contributed by atoms with Gasteiger partial charge in [-0.25, -0.2) is 4.39 Å². The topological polar surface area (TPSA) is 38.7 Å². The van der Waals surface area contributed by atoms with E-state index in [2.05, 4.69) is 0 Å². The van der Waals surface area contributed by atoms with Crippen LogP contribution in [-0.4, -0.2) is 31.2 Å². The number of aliphatic hydroxyl groups is 1. The summed E-state index contributed by atoms with van der Waals surface area (Å²) in [5.41, 5.74) is -0.609. The normalized spacial score (nSPS) is 15.0. The molecule has 0 saturated carbocycles. The maximum Gasteiger partial charge on any atom is 0.185 e. The molecule has 0 aliphatic rings. The molecule has 0 aliphatic heterocycles. The Morgan fingerprint density at radius 2 is 2.00 bits per heavy atom. The lowest BCUT2D eigenvalue weighted by molar-refractivity contribution is -0.207. The summed E-state index contributed by atoms with van der Waals surface area (Å²) in [4.78, 5) is 0. The molecule has 0 amide bonds. The molecule has 96 valence electrons. The van der Waals surface area contributed by atoms with E-state index >= 15 is 0 Å². The molecule has 0 heterocycles. The van der Waals surface area contributed by atoms with Gasteiger partial charge in [-0.05, 0) is 24.6 Å². The lowest BCUT2D eigenvalue weighted by Crippen LogP contribution is -2.43. The Kier molecular flexibility index (Phi) is 4.89. The lowest BCUT2D eigenvalue weighted by atomic mass is 9.95. The van der Waals surface area contributed by atoms with Crippen molar-refractivity contribution in [2.24, 2.45) is 0 Å². The minimum Gasteiger partial charge on any atom is -0.385 e. The molecule has 1 atom stereocenters. The van der Waals surface area contributed by atoms with Crippen molar-refractivity contribution >= 4 is 11.6 Å². The average Bonchev–Trinajstić information content (AvgIpc) is 2.23. The molecule has 1 rings (SSSR count). The van der Waals surface area contributed by atoms with E-state index < -0.39 is 17.7 Å². The standard InChI is InChI=1S/C12H16ClFO3/c1-12(15,11(16-2)17-3)7-8-4-5-9(14)6-10(8)13/h4-6,11,15H,7H2,1-3H3. The zero-order valence-corrected chi connectivity index (χ0v) is 10.8. The summed E-state index contributed by atoms with van der Waals surface area (Å²) < 4.78 is 22.9. The SMILES string of the molecule is COC(OC)C(C)(O)Cc1ccc(F)cc1Cl. The molecule has 0 saturated heterocycles. The second-order valence-corrected chi connectivity index (χ2v) is 4.48. The first-order chi connectivity index (χ1) is 7.90. The zero-order valence-electron chi connectivity index (χ0n) is 10.0. The number of methoxy groups -OCH3 is 2. The van der Waals surface area contributed by atoms with Crippen molar-refractivity contribution in [3.8, 4) is 0 Å². The van der Waals surface area contributed by atoms with E-state index in [-0.39, 0.29) is 11.4 Å². The molecule has 0 radical (unpaired) electrons. The van der Waals surface area contributed by atoms with Crippen LogP contribution in [0.25, 0.3) is 0 Å². The van der Waals surface area contributed by atoms with Gasteiger partial charge >= 0.3 is 0 Å². The second kappa shape index (κ2) is 5.78. The summed E-state index contributed by atoms with van der Waals surface area (Å²) >= 11 is 5.89. The highest BCUT2D eigenvalue weighted by Gasteiger charge is 2.33. The van der Waals surface area contributed by atoms with Gasteiger partial charge in [-0.3, -0.25) is 0 Å². The van der Waals surface area contributed by atoms with E-state index in [1.54, 1.807) is 6.92 Å². The molecule has 1 unspecified atom stereocenters. The minimum atomic E-state index is -1.25. The molecular formula is C12H16ClFO3. The van der Waals surface area contributed by atoms with Crippen LogP contribution in [0.5, 0.6) is 0 Å². The highest BCUT2D eigenvalue weighted by Crippen LogP contribution is 2.25. The van der Waals surface area contributed by atoms with Crippen LogP contribution >= 0.6 is 11.6 Å². The monoisotopic (exact) mass is 262 g/mol. The largest absolute Gasteiger partial charge is 0.385 e. The Morgan fingerprint density at radius 1 is 1.41 bits per heavy atom. The number of benzene rings is 1. The maximum absolute atomic E-state index is 12.9. The highest BCUT2D eigenvalue weighted by atomic mass is 35.5. The third kappa shape index (κ3) is 3.64. The molecule has 17 heavy (non-hydrogen) atoms.